The van der Waals surface area contributed by atoms with Gasteiger partial charge in [0.05, 0.1) is 5.39 Å². The van der Waals surface area contributed by atoms with Gasteiger partial charge >= 0.3 is 0 Å². The topological polar surface area (TPSA) is 73.8 Å². The summed E-state index contributed by atoms with van der Waals surface area (Å²) in [4.78, 5) is 23.5. The van der Waals surface area contributed by atoms with Gasteiger partial charge < -0.3 is 5.84 Å². The van der Waals surface area contributed by atoms with Gasteiger partial charge in [0.1, 0.15) is 21.5 Å². The molecule has 6 heteroatoms. The Morgan fingerprint density at radius 1 is 1.30 bits per heavy atom. The molecule has 120 valence electrons. The number of nitrogen functional groups attached to an aromatic ring is 1. The van der Waals surface area contributed by atoms with Gasteiger partial charge in [0.2, 0.25) is 5.43 Å². The van der Waals surface area contributed by atoms with E-state index in [-0.39, 0.29) is 5.43 Å². The molecule has 1 aliphatic rings. The molecule has 0 aliphatic heterocycles. The fourth-order valence-corrected chi connectivity index (χ4v) is 4.60. The van der Waals surface area contributed by atoms with E-state index in [4.69, 9.17) is 10.8 Å². The Morgan fingerprint density at radius 3 is 2.87 bits per heavy atom. The second kappa shape index (κ2) is 5.60. The van der Waals surface area contributed by atoms with Crippen LogP contribution in [0.5, 0.6) is 0 Å². The first-order valence-electron chi connectivity index (χ1n) is 8.30. The molecular formula is C17H20N4OS. The summed E-state index contributed by atoms with van der Waals surface area (Å²) in [6.07, 6.45) is 9.15. The van der Waals surface area contributed by atoms with E-state index in [2.05, 4.69) is 11.9 Å². The number of aromatic nitrogens is 3. The molecule has 5 nitrogen and oxygen atoms in total. The highest BCUT2D eigenvalue weighted by molar-refractivity contribution is 7.23. The van der Waals surface area contributed by atoms with E-state index in [9.17, 15) is 4.79 Å². The molecule has 23 heavy (non-hydrogen) atoms. The van der Waals surface area contributed by atoms with Crippen LogP contribution in [-0.4, -0.2) is 14.6 Å². The molecule has 3 heterocycles. The van der Waals surface area contributed by atoms with E-state index in [1.54, 1.807) is 0 Å². The molecular weight excluding hydrogens is 308 g/mol. The van der Waals surface area contributed by atoms with E-state index in [0.717, 1.165) is 48.7 Å². The van der Waals surface area contributed by atoms with Crippen molar-refractivity contribution in [1.29, 1.82) is 0 Å². The number of fused-ring (bicyclic) bond motifs is 4. The molecule has 0 unspecified atom stereocenters. The van der Waals surface area contributed by atoms with Crippen LogP contribution in [0.2, 0.25) is 0 Å². The summed E-state index contributed by atoms with van der Waals surface area (Å²) in [6, 6.07) is 0. The molecule has 0 saturated carbocycles. The zero-order valence-corrected chi connectivity index (χ0v) is 14.1. The molecule has 0 amide bonds. The number of nitrogens with two attached hydrogens (primary N) is 1. The van der Waals surface area contributed by atoms with Gasteiger partial charge in [-0.15, -0.1) is 0 Å². The van der Waals surface area contributed by atoms with Crippen LogP contribution in [0, 0.1) is 0 Å². The van der Waals surface area contributed by atoms with E-state index in [1.807, 2.05) is 0 Å². The minimum Gasteiger partial charge on any atom is -0.337 e. The molecule has 3 aromatic rings. The van der Waals surface area contributed by atoms with Crippen LogP contribution in [0.1, 0.15) is 49.4 Å². The Morgan fingerprint density at radius 2 is 2.09 bits per heavy atom. The van der Waals surface area contributed by atoms with Gasteiger partial charge in [-0.1, -0.05) is 24.7 Å². The Balaban J connectivity index is 2.08. The molecule has 1 aliphatic carbocycles. The summed E-state index contributed by atoms with van der Waals surface area (Å²) in [7, 11) is 0. The van der Waals surface area contributed by atoms with Crippen molar-refractivity contribution in [3.05, 3.63) is 33.4 Å². The van der Waals surface area contributed by atoms with E-state index >= 15 is 0 Å². The lowest BCUT2D eigenvalue weighted by Gasteiger charge is -2.20. The molecule has 0 spiro atoms. The molecule has 0 radical (unpaired) electrons. The van der Waals surface area contributed by atoms with Crippen molar-refractivity contribution in [1.82, 2.24) is 14.6 Å². The van der Waals surface area contributed by atoms with Crippen LogP contribution in [-0.2, 0) is 19.3 Å². The molecule has 0 saturated heterocycles. The van der Waals surface area contributed by atoms with Crippen molar-refractivity contribution in [2.24, 2.45) is 0 Å². The molecule has 0 atom stereocenters. The average molecular weight is 328 g/mol. The van der Waals surface area contributed by atoms with Crippen LogP contribution >= 0.6 is 11.3 Å². The Kier molecular flexibility index (Phi) is 3.56. The lowest BCUT2D eigenvalue weighted by Crippen LogP contribution is -2.15. The van der Waals surface area contributed by atoms with Crippen LogP contribution in [0.3, 0.4) is 0 Å². The minimum absolute atomic E-state index is 0.00867. The van der Waals surface area contributed by atoms with Crippen molar-refractivity contribution < 1.29 is 0 Å². The standard InChI is InChI=1S/C17H20N4OS/c1-2-3-8-12-10-6-4-5-7-11(10)13-15(22)14-17(21(18)9-19-14)23-16(13)20-12/h9H,2-8,18H2,1H3. The van der Waals surface area contributed by atoms with Gasteiger partial charge in [-0.3, -0.25) is 4.79 Å². The second-order valence-corrected chi connectivity index (χ2v) is 7.22. The first-order valence-corrected chi connectivity index (χ1v) is 9.12. The Bertz CT molecular complexity index is 957. The molecule has 3 aromatic heterocycles. The Labute approximate surface area is 138 Å². The molecule has 0 fully saturated rings. The third-order valence-corrected chi connectivity index (χ3v) is 5.81. The maximum atomic E-state index is 12.9. The van der Waals surface area contributed by atoms with Crippen LogP contribution in [0.4, 0.5) is 0 Å². The third-order valence-electron chi connectivity index (χ3n) is 4.72. The fraction of sp³-hybridized carbons (Fsp3) is 0.471. The first kappa shape index (κ1) is 14.6. The van der Waals surface area contributed by atoms with Gasteiger partial charge in [0.15, 0.2) is 0 Å². The highest BCUT2D eigenvalue weighted by Gasteiger charge is 2.22. The van der Waals surface area contributed by atoms with E-state index in [0.29, 0.717) is 10.3 Å². The van der Waals surface area contributed by atoms with E-state index < -0.39 is 0 Å². The van der Waals surface area contributed by atoms with Gasteiger partial charge in [-0.05, 0) is 49.7 Å². The van der Waals surface area contributed by atoms with Crippen LogP contribution in [0.25, 0.3) is 20.6 Å². The monoisotopic (exact) mass is 328 g/mol. The molecule has 0 aromatic carbocycles. The lowest BCUT2D eigenvalue weighted by molar-refractivity contribution is 0.669. The lowest BCUT2D eigenvalue weighted by atomic mass is 9.88. The maximum Gasteiger partial charge on any atom is 0.217 e. The fourth-order valence-electron chi connectivity index (χ4n) is 3.55. The number of pyridine rings is 1. The zero-order valence-electron chi connectivity index (χ0n) is 13.3. The number of hydrogen-bond acceptors (Lipinski definition) is 5. The smallest absolute Gasteiger partial charge is 0.217 e. The summed E-state index contributed by atoms with van der Waals surface area (Å²) in [5.74, 6) is 5.89. The largest absolute Gasteiger partial charge is 0.337 e. The number of unbranched alkanes of at least 4 members (excludes halogenated alkanes) is 1. The van der Waals surface area contributed by atoms with Crippen molar-refractivity contribution >= 4 is 31.9 Å². The predicted octanol–water partition coefficient (Wildman–Crippen LogP) is 2.94. The minimum atomic E-state index is -0.00867. The molecule has 0 bridgehead atoms. The molecule has 2 N–H and O–H groups in total. The van der Waals surface area contributed by atoms with Gasteiger partial charge in [-0.25, -0.2) is 14.6 Å². The van der Waals surface area contributed by atoms with Crippen molar-refractivity contribution in [3.8, 4) is 0 Å². The summed E-state index contributed by atoms with van der Waals surface area (Å²) in [5, 5.41) is 0.788. The van der Waals surface area contributed by atoms with Crippen molar-refractivity contribution in [2.75, 3.05) is 5.84 Å². The second-order valence-electron chi connectivity index (χ2n) is 6.24. The van der Waals surface area contributed by atoms with Gasteiger partial charge in [0.25, 0.3) is 0 Å². The van der Waals surface area contributed by atoms with Crippen LogP contribution in [0.15, 0.2) is 11.1 Å². The summed E-state index contributed by atoms with van der Waals surface area (Å²) in [5.41, 5.74) is 4.20. The number of imidazole rings is 1. The average Bonchev–Trinajstić information content (AvgIpc) is 2.94. The number of aryl methyl sites for hydroxylation is 2. The predicted molar refractivity (Wildman–Crippen MR) is 94.6 cm³/mol. The molecule has 4 rings (SSSR count). The Hall–Kier alpha value is -1.95. The first-order chi connectivity index (χ1) is 11.2. The van der Waals surface area contributed by atoms with Crippen molar-refractivity contribution in [2.45, 2.75) is 51.9 Å². The quantitative estimate of drug-likeness (QED) is 0.750. The third kappa shape index (κ3) is 2.24. The number of nitrogens with zero attached hydrogens (tertiary/aromatic N) is 3. The SMILES string of the molecule is CCCCc1nc2sc3c(ncn3N)c(=O)c2c2c1CCCC2. The maximum absolute atomic E-state index is 12.9. The van der Waals surface area contributed by atoms with Crippen LogP contribution < -0.4 is 11.3 Å². The highest BCUT2D eigenvalue weighted by atomic mass is 32.1. The number of hydrogen-bond donors (Lipinski definition) is 1. The van der Waals surface area contributed by atoms with Crippen molar-refractivity contribution in [3.63, 3.8) is 0 Å². The van der Waals surface area contributed by atoms with Gasteiger partial charge in [-0.2, -0.15) is 0 Å². The highest BCUT2D eigenvalue weighted by Crippen LogP contribution is 2.32. The summed E-state index contributed by atoms with van der Waals surface area (Å²) in [6.45, 7) is 2.20. The normalized spacial score (nSPS) is 14.5. The number of rotatable bonds is 3. The zero-order chi connectivity index (χ0) is 16.0. The summed E-state index contributed by atoms with van der Waals surface area (Å²) >= 11 is 1.48. The van der Waals surface area contributed by atoms with Gasteiger partial charge in [0, 0.05) is 5.69 Å². The summed E-state index contributed by atoms with van der Waals surface area (Å²) < 4.78 is 1.42. The van der Waals surface area contributed by atoms with E-state index in [1.165, 1.54) is 45.6 Å².